The van der Waals surface area contributed by atoms with Crippen LogP contribution in [0.25, 0.3) is 0 Å². The van der Waals surface area contributed by atoms with E-state index in [-0.39, 0.29) is 0 Å². The molecule has 4 nitrogen and oxygen atoms in total. The van der Waals surface area contributed by atoms with Gasteiger partial charge in [-0.1, -0.05) is 11.6 Å². The predicted octanol–water partition coefficient (Wildman–Crippen LogP) is 2.68. The minimum atomic E-state index is -0.566. The Bertz CT molecular complexity index is 491. The average molecular weight is 254 g/mol. The molecule has 1 aliphatic carbocycles. The molecule has 1 aromatic carbocycles. The molecular weight excluding hydrogens is 242 g/mol. The predicted molar refractivity (Wildman–Crippen MR) is 63.6 cm³/mol. The van der Waals surface area contributed by atoms with Gasteiger partial charge in [0.2, 0.25) is 6.08 Å². The Balaban J connectivity index is 2.65. The highest BCUT2D eigenvalue weighted by Gasteiger charge is 2.49. The highest BCUT2D eigenvalue weighted by atomic mass is 35.5. The zero-order chi connectivity index (χ0) is 12.5. The normalized spacial score (nSPS) is 15.9. The molecule has 1 aliphatic rings. The van der Waals surface area contributed by atoms with Gasteiger partial charge in [-0.2, -0.15) is 4.99 Å². The van der Waals surface area contributed by atoms with Crippen molar-refractivity contribution >= 4 is 17.7 Å². The van der Waals surface area contributed by atoms with Gasteiger partial charge in [0.1, 0.15) is 17.0 Å². The first-order chi connectivity index (χ1) is 8.18. The van der Waals surface area contributed by atoms with E-state index in [1.165, 1.54) is 7.11 Å². The highest BCUT2D eigenvalue weighted by molar-refractivity contribution is 6.32. The molecule has 0 heterocycles. The minimum absolute atomic E-state index is 0.482. The lowest BCUT2D eigenvalue weighted by Gasteiger charge is -2.18. The minimum Gasteiger partial charge on any atom is -0.496 e. The van der Waals surface area contributed by atoms with E-state index in [0.717, 1.165) is 18.4 Å². The summed E-state index contributed by atoms with van der Waals surface area (Å²) < 4.78 is 10.6. The monoisotopic (exact) mass is 253 g/mol. The lowest BCUT2D eigenvalue weighted by molar-refractivity contribution is 0.377. The summed E-state index contributed by atoms with van der Waals surface area (Å²) >= 11 is 6.07. The van der Waals surface area contributed by atoms with Crippen LogP contribution >= 0.6 is 11.6 Å². The third-order valence-corrected chi connectivity index (χ3v) is 3.24. The molecule has 0 amide bonds. The molecule has 0 spiro atoms. The number of hydrogen-bond acceptors (Lipinski definition) is 4. The van der Waals surface area contributed by atoms with Gasteiger partial charge in [-0.05, 0) is 25.0 Å². The summed E-state index contributed by atoms with van der Waals surface area (Å²) in [6.07, 6.45) is 3.16. The first-order valence-corrected chi connectivity index (χ1v) is 5.56. The Morgan fingerprint density at radius 2 is 2.06 bits per heavy atom. The Morgan fingerprint density at radius 3 is 2.53 bits per heavy atom. The quantitative estimate of drug-likeness (QED) is 0.612. The standard InChI is InChI=1S/C12H12ClNO3/c1-16-9-4-3-8(13)11(17-2)10(9)12(5-6-12)14-7-15/h3-4H,5-6H2,1-2H3. The number of hydrogen-bond donors (Lipinski definition) is 0. The van der Waals surface area contributed by atoms with Crippen molar-refractivity contribution in [1.29, 1.82) is 0 Å². The molecule has 17 heavy (non-hydrogen) atoms. The van der Waals surface area contributed by atoms with Gasteiger partial charge >= 0.3 is 0 Å². The number of halogens is 1. The van der Waals surface area contributed by atoms with E-state index in [2.05, 4.69) is 4.99 Å². The van der Waals surface area contributed by atoms with Crippen LogP contribution in [0.2, 0.25) is 5.02 Å². The van der Waals surface area contributed by atoms with Gasteiger partial charge in [0.05, 0.1) is 24.8 Å². The number of nitrogens with zero attached hydrogens (tertiary/aromatic N) is 1. The Kier molecular flexibility index (Phi) is 3.09. The van der Waals surface area contributed by atoms with E-state index >= 15 is 0 Å². The van der Waals surface area contributed by atoms with Crippen LogP contribution in [0, 0.1) is 0 Å². The summed E-state index contributed by atoms with van der Waals surface area (Å²) in [6.45, 7) is 0. The van der Waals surface area contributed by atoms with Gasteiger partial charge in [-0.3, -0.25) is 0 Å². The molecule has 5 heteroatoms. The molecule has 0 radical (unpaired) electrons. The number of aliphatic imine (C=N–C) groups is 1. The molecule has 1 aromatic rings. The second-order valence-electron chi connectivity index (χ2n) is 3.89. The Labute approximate surface area is 104 Å². The van der Waals surface area contributed by atoms with Gasteiger partial charge in [-0.25, -0.2) is 4.79 Å². The maximum Gasteiger partial charge on any atom is 0.235 e. The van der Waals surface area contributed by atoms with Gasteiger partial charge in [0.25, 0.3) is 0 Å². The van der Waals surface area contributed by atoms with E-state index in [4.69, 9.17) is 21.1 Å². The number of carbonyl (C=O) groups excluding carboxylic acids is 1. The van der Waals surface area contributed by atoms with Gasteiger partial charge in [0.15, 0.2) is 0 Å². The molecular formula is C12H12ClNO3. The highest BCUT2D eigenvalue weighted by Crippen LogP contribution is 2.56. The van der Waals surface area contributed by atoms with Crippen LogP contribution in [0.4, 0.5) is 0 Å². The van der Waals surface area contributed by atoms with Gasteiger partial charge < -0.3 is 9.47 Å². The van der Waals surface area contributed by atoms with Crippen LogP contribution in [-0.2, 0) is 10.3 Å². The third kappa shape index (κ3) is 1.90. The average Bonchev–Trinajstić information content (AvgIpc) is 3.10. The first kappa shape index (κ1) is 12.0. The molecule has 0 aromatic heterocycles. The van der Waals surface area contributed by atoms with Crippen molar-refractivity contribution in [2.24, 2.45) is 4.99 Å². The van der Waals surface area contributed by atoms with Crippen molar-refractivity contribution in [1.82, 2.24) is 0 Å². The molecule has 0 bridgehead atoms. The molecule has 1 fully saturated rings. The van der Waals surface area contributed by atoms with Crippen LogP contribution in [0.15, 0.2) is 17.1 Å². The summed E-state index contributed by atoms with van der Waals surface area (Å²) in [6, 6.07) is 3.45. The first-order valence-electron chi connectivity index (χ1n) is 5.18. The lowest BCUT2D eigenvalue weighted by Crippen LogP contribution is -2.08. The lowest BCUT2D eigenvalue weighted by atomic mass is 10.0. The largest absolute Gasteiger partial charge is 0.496 e. The zero-order valence-electron chi connectivity index (χ0n) is 9.62. The van der Waals surface area contributed by atoms with Crippen molar-refractivity contribution in [3.05, 3.63) is 22.7 Å². The fourth-order valence-electron chi connectivity index (χ4n) is 1.97. The fraction of sp³-hybridized carbons (Fsp3) is 0.417. The van der Waals surface area contributed by atoms with Crippen molar-refractivity contribution in [2.75, 3.05) is 14.2 Å². The molecule has 0 unspecified atom stereocenters. The van der Waals surface area contributed by atoms with Crippen molar-refractivity contribution in [2.45, 2.75) is 18.4 Å². The topological polar surface area (TPSA) is 47.9 Å². The summed E-state index contributed by atoms with van der Waals surface area (Å²) in [7, 11) is 3.09. The molecule has 90 valence electrons. The maximum atomic E-state index is 10.5. The van der Waals surface area contributed by atoms with Gasteiger partial charge in [0, 0.05) is 0 Å². The molecule has 1 saturated carbocycles. The van der Waals surface area contributed by atoms with E-state index in [1.807, 2.05) is 0 Å². The van der Waals surface area contributed by atoms with Crippen LogP contribution in [0.5, 0.6) is 11.5 Å². The van der Waals surface area contributed by atoms with E-state index in [9.17, 15) is 4.79 Å². The molecule has 2 rings (SSSR count). The summed E-state index contributed by atoms with van der Waals surface area (Å²) in [5, 5.41) is 0.482. The summed E-state index contributed by atoms with van der Waals surface area (Å²) in [5.41, 5.74) is 0.168. The van der Waals surface area contributed by atoms with E-state index in [0.29, 0.717) is 16.5 Å². The second kappa shape index (κ2) is 4.40. The Morgan fingerprint density at radius 1 is 1.35 bits per heavy atom. The number of rotatable bonds is 4. The SMILES string of the molecule is COc1ccc(Cl)c(OC)c1C1(N=C=O)CC1. The smallest absolute Gasteiger partial charge is 0.235 e. The molecule has 0 atom stereocenters. The Hall–Kier alpha value is -1.51. The number of methoxy groups -OCH3 is 2. The zero-order valence-corrected chi connectivity index (χ0v) is 10.4. The van der Waals surface area contributed by atoms with Crippen LogP contribution in [-0.4, -0.2) is 20.3 Å². The molecule has 0 saturated heterocycles. The van der Waals surface area contributed by atoms with Crippen LogP contribution in [0.1, 0.15) is 18.4 Å². The molecule has 0 aliphatic heterocycles. The number of benzene rings is 1. The second-order valence-corrected chi connectivity index (χ2v) is 4.30. The van der Waals surface area contributed by atoms with E-state index in [1.54, 1.807) is 25.3 Å². The van der Waals surface area contributed by atoms with Crippen LogP contribution < -0.4 is 9.47 Å². The van der Waals surface area contributed by atoms with E-state index < -0.39 is 5.54 Å². The third-order valence-electron chi connectivity index (χ3n) is 2.94. The maximum absolute atomic E-state index is 10.5. The summed E-state index contributed by atoms with van der Waals surface area (Å²) in [4.78, 5) is 14.4. The summed E-state index contributed by atoms with van der Waals surface area (Å²) in [5.74, 6) is 1.14. The van der Waals surface area contributed by atoms with Crippen LogP contribution in [0.3, 0.4) is 0 Å². The van der Waals surface area contributed by atoms with Crippen molar-refractivity contribution in [3.8, 4) is 11.5 Å². The fourth-order valence-corrected chi connectivity index (χ4v) is 2.21. The number of ether oxygens (including phenoxy) is 2. The number of isocyanates is 1. The van der Waals surface area contributed by atoms with Crippen molar-refractivity contribution in [3.63, 3.8) is 0 Å². The van der Waals surface area contributed by atoms with Crippen molar-refractivity contribution < 1.29 is 14.3 Å². The molecule has 0 N–H and O–H groups in total. The van der Waals surface area contributed by atoms with Gasteiger partial charge in [-0.15, -0.1) is 0 Å².